The van der Waals surface area contributed by atoms with Crippen LogP contribution in [0.1, 0.15) is 10.7 Å². The van der Waals surface area contributed by atoms with Crippen molar-refractivity contribution in [2.24, 2.45) is 0 Å². The van der Waals surface area contributed by atoms with Gasteiger partial charge < -0.3 is 10.3 Å². The van der Waals surface area contributed by atoms with E-state index in [1.165, 1.54) is 4.88 Å². The van der Waals surface area contributed by atoms with Crippen LogP contribution < -0.4 is 5.73 Å². The van der Waals surface area contributed by atoms with Crippen molar-refractivity contribution in [3.63, 3.8) is 0 Å². The van der Waals surface area contributed by atoms with Crippen LogP contribution in [-0.4, -0.2) is 10.1 Å². The van der Waals surface area contributed by atoms with Crippen LogP contribution in [0.4, 0.5) is 5.69 Å². The van der Waals surface area contributed by atoms with Crippen molar-refractivity contribution in [2.75, 3.05) is 5.73 Å². The zero-order valence-corrected chi connectivity index (χ0v) is 11.4. The highest BCUT2D eigenvalue weighted by Crippen LogP contribution is 2.30. The van der Waals surface area contributed by atoms with Crippen LogP contribution >= 0.6 is 22.9 Å². The van der Waals surface area contributed by atoms with Crippen molar-refractivity contribution >= 4 is 28.6 Å². The first kappa shape index (κ1) is 12.2. The fourth-order valence-corrected chi connectivity index (χ4v) is 2.60. The van der Waals surface area contributed by atoms with Gasteiger partial charge in [-0.1, -0.05) is 28.9 Å². The van der Waals surface area contributed by atoms with Crippen molar-refractivity contribution in [3.8, 4) is 11.5 Å². The van der Waals surface area contributed by atoms with E-state index >= 15 is 0 Å². The van der Waals surface area contributed by atoms with Gasteiger partial charge in [0.05, 0.1) is 16.3 Å². The Balaban J connectivity index is 1.91. The Morgan fingerprint density at radius 3 is 2.95 bits per heavy atom. The van der Waals surface area contributed by atoms with Gasteiger partial charge in [0.1, 0.15) is 0 Å². The highest BCUT2D eigenvalue weighted by atomic mass is 35.5. The standard InChI is InChI=1S/C13H10ClN3OS/c14-10-5-1-4-9(12(10)15)13-16-11(17-18-13)7-8-3-2-6-19-8/h1-6H,7,15H2. The Bertz CT molecular complexity index is 694. The van der Waals surface area contributed by atoms with Gasteiger partial charge in [0, 0.05) is 11.3 Å². The van der Waals surface area contributed by atoms with Crippen molar-refractivity contribution in [1.82, 2.24) is 10.1 Å². The normalized spacial score (nSPS) is 10.8. The molecule has 19 heavy (non-hydrogen) atoms. The number of halogens is 1. The van der Waals surface area contributed by atoms with Gasteiger partial charge in [-0.15, -0.1) is 11.3 Å². The molecule has 2 N–H and O–H groups in total. The molecule has 1 aromatic carbocycles. The molecule has 2 heterocycles. The summed E-state index contributed by atoms with van der Waals surface area (Å²) in [6.07, 6.45) is 0.654. The van der Waals surface area contributed by atoms with Crippen LogP contribution in [0.25, 0.3) is 11.5 Å². The van der Waals surface area contributed by atoms with E-state index in [2.05, 4.69) is 10.1 Å². The van der Waals surface area contributed by atoms with Gasteiger partial charge in [-0.3, -0.25) is 0 Å². The summed E-state index contributed by atoms with van der Waals surface area (Å²) in [4.78, 5) is 5.53. The lowest BCUT2D eigenvalue weighted by Gasteiger charge is -2.01. The number of thiophene rings is 1. The maximum Gasteiger partial charge on any atom is 0.260 e. The first-order valence-corrected chi connectivity index (χ1v) is 6.89. The number of nitrogens with zero attached hydrogens (tertiary/aromatic N) is 2. The maximum atomic E-state index is 5.97. The fourth-order valence-electron chi connectivity index (χ4n) is 1.73. The second-order valence-electron chi connectivity index (χ2n) is 3.97. The van der Waals surface area contributed by atoms with E-state index in [0.717, 1.165) is 0 Å². The van der Waals surface area contributed by atoms with E-state index in [-0.39, 0.29) is 0 Å². The largest absolute Gasteiger partial charge is 0.397 e. The molecule has 0 spiro atoms. The number of nitrogen functional groups attached to an aromatic ring is 1. The zero-order chi connectivity index (χ0) is 13.2. The molecule has 96 valence electrons. The third-order valence-corrected chi connectivity index (χ3v) is 3.87. The van der Waals surface area contributed by atoms with Crippen LogP contribution in [0.15, 0.2) is 40.2 Å². The van der Waals surface area contributed by atoms with Gasteiger partial charge in [-0.05, 0) is 23.6 Å². The van der Waals surface area contributed by atoms with E-state index in [1.807, 2.05) is 23.6 Å². The second-order valence-corrected chi connectivity index (χ2v) is 5.41. The van der Waals surface area contributed by atoms with Crippen LogP contribution in [0.3, 0.4) is 0 Å². The minimum atomic E-state index is 0.395. The Morgan fingerprint density at radius 1 is 1.26 bits per heavy atom. The minimum absolute atomic E-state index is 0.395. The number of para-hydroxylation sites is 1. The summed E-state index contributed by atoms with van der Waals surface area (Å²) in [5.74, 6) is 1.03. The van der Waals surface area contributed by atoms with Gasteiger partial charge in [0.2, 0.25) is 0 Å². The SMILES string of the molecule is Nc1c(Cl)cccc1-c1nc(Cc2cccs2)no1. The molecule has 6 heteroatoms. The maximum absolute atomic E-state index is 5.97. The molecule has 0 aliphatic rings. The van der Waals surface area contributed by atoms with Gasteiger partial charge in [-0.25, -0.2) is 0 Å². The lowest BCUT2D eigenvalue weighted by atomic mass is 10.2. The lowest BCUT2D eigenvalue weighted by Crippen LogP contribution is -1.92. The monoisotopic (exact) mass is 291 g/mol. The quantitative estimate of drug-likeness (QED) is 0.749. The van der Waals surface area contributed by atoms with Gasteiger partial charge >= 0.3 is 0 Å². The van der Waals surface area contributed by atoms with Crippen LogP contribution in [-0.2, 0) is 6.42 Å². The molecule has 0 atom stereocenters. The van der Waals surface area contributed by atoms with Gasteiger partial charge in [0.25, 0.3) is 5.89 Å². The summed E-state index contributed by atoms with van der Waals surface area (Å²) in [6, 6.07) is 9.37. The van der Waals surface area contributed by atoms with E-state index < -0.39 is 0 Å². The average Bonchev–Trinajstić information content (AvgIpc) is 3.05. The Hall–Kier alpha value is -1.85. The molecule has 0 fully saturated rings. The minimum Gasteiger partial charge on any atom is -0.397 e. The molecule has 2 aromatic heterocycles. The summed E-state index contributed by atoms with van der Waals surface area (Å²) in [7, 11) is 0. The number of aromatic nitrogens is 2. The van der Waals surface area contributed by atoms with Crippen LogP contribution in [0.5, 0.6) is 0 Å². The zero-order valence-electron chi connectivity index (χ0n) is 9.84. The topological polar surface area (TPSA) is 64.9 Å². The third kappa shape index (κ3) is 2.47. The fraction of sp³-hybridized carbons (Fsp3) is 0.0769. The molecule has 0 radical (unpaired) electrons. The van der Waals surface area contributed by atoms with E-state index in [4.69, 9.17) is 21.9 Å². The number of rotatable bonds is 3. The third-order valence-electron chi connectivity index (χ3n) is 2.66. The summed E-state index contributed by atoms with van der Waals surface area (Å²) >= 11 is 7.63. The summed E-state index contributed by atoms with van der Waals surface area (Å²) in [6.45, 7) is 0. The second kappa shape index (κ2) is 5.03. The van der Waals surface area contributed by atoms with Gasteiger partial charge in [0.15, 0.2) is 5.82 Å². The number of nitrogens with two attached hydrogens (primary N) is 1. The predicted molar refractivity (Wildman–Crippen MR) is 76.3 cm³/mol. The summed E-state index contributed by atoms with van der Waals surface area (Å²) in [5.41, 5.74) is 7.02. The van der Waals surface area contributed by atoms with Gasteiger partial charge in [-0.2, -0.15) is 4.98 Å². The smallest absolute Gasteiger partial charge is 0.260 e. The number of hydrogen-bond donors (Lipinski definition) is 1. The average molecular weight is 292 g/mol. The van der Waals surface area contributed by atoms with E-state index in [0.29, 0.717) is 34.4 Å². The molecule has 3 aromatic rings. The van der Waals surface area contributed by atoms with Crippen molar-refractivity contribution in [3.05, 3.63) is 51.4 Å². The molecular weight excluding hydrogens is 282 g/mol. The number of hydrogen-bond acceptors (Lipinski definition) is 5. The van der Waals surface area contributed by atoms with E-state index in [1.54, 1.807) is 23.5 Å². The molecule has 0 saturated heterocycles. The number of anilines is 1. The Kier molecular flexibility index (Phi) is 3.23. The molecule has 0 aliphatic carbocycles. The lowest BCUT2D eigenvalue weighted by molar-refractivity contribution is 0.424. The van der Waals surface area contributed by atoms with Crippen molar-refractivity contribution < 1.29 is 4.52 Å². The molecular formula is C13H10ClN3OS. The van der Waals surface area contributed by atoms with Crippen LogP contribution in [0.2, 0.25) is 5.02 Å². The van der Waals surface area contributed by atoms with Crippen molar-refractivity contribution in [1.29, 1.82) is 0 Å². The number of benzene rings is 1. The molecule has 0 amide bonds. The molecule has 3 rings (SSSR count). The van der Waals surface area contributed by atoms with E-state index in [9.17, 15) is 0 Å². The Morgan fingerprint density at radius 2 is 2.16 bits per heavy atom. The van der Waals surface area contributed by atoms with Crippen molar-refractivity contribution in [2.45, 2.75) is 6.42 Å². The molecule has 0 aliphatic heterocycles. The van der Waals surface area contributed by atoms with Crippen LogP contribution in [0, 0.1) is 0 Å². The molecule has 0 bridgehead atoms. The summed E-state index contributed by atoms with van der Waals surface area (Å²) in [5, 5.41) is 6.46. The highest BCUT2D eigenvalue weighted by molar-refractivity contribution is 7.09. The molecule has 0 saturated carbocycles. The Labute approximate surface area is 118 Å². The molecule has 4 nitrogen and oxygen atoms in total. The predicted octanol–water partition coefficient (Wildman–Crippen LogP) is 3.62. The summed E-state index contributed by atoms with van der Waals surface area (Å²) < 4.78 is 5.24. The highest BCUT2D eigenvalue weighted by Gasteiger charge is 2.13. The first-order valence-electron chi connectivity index (χ1n) is 5.63. The first-order chi connectivity index (χ1) is 9.24. The molecule has 0 unspecified atom stereocenters.